The largest absolute Gasteiger partial charge is 0.391 e. The number of nitrogens with zero attached hydrogens (tertiary/aromatic N) is 1. The van der Waals surface area contributed by atoms with Crippen LogP contribution in [0.3, 0.4) is 0 Å². The number of hydrogen-bond donors (Lipinski definition) is 3. The van der Waals surface area contributed by atoms with Gasteiger partial charge in [0.15, 0.2) is 5.96 Å². The van der Waals surface area contributed by atoms with Gasteiger partial charge in [0.05, 0.1) is 12.6 Å². The smallest absolute Gasteiger partial charge is 0.191 e. The molecule has 1 aromatic carbocycles. The summed E-state index contributed by atoms with van der Waals surface area (Å²) in [5.41, 5.74) is 1.12. The molecule has 0 radical (unpaired) electrons. The fourth-order valence-electron chi connectivity index (χ4n) is 2.01. The highest BCUT2D eigenvalue weighted by Gasteiger charge is 2.05. The van der Waals surface area contributed by atoms with Crippen LogP contribution in [0.1, 0.15) is 25.8 Å². The molecule has 1 unspecified atom stereocenters. The summed E-state index contributed by atoms with van der Waals surface area (Å²) in [6.45, 7) is 7.51. The molecule has 0 saturated carbocycles. The Morgan fingerprint density at radius 2 is 2.00 bits per heavy atom. The van der Waals surface area contributed by atoms with Gasteiger partial charge in [0.1, 0.15) is 0 Å². The molecule has 5 nitrogen and oxygen atoms in total. The summed E-state index contributed by atoms with van der Waals surface area (Å²) < 4.78 is 5.30. The van der Waals surface area contributed by atoms with Crippen molar-refractivity contribution in [3.8, 4) is 0 Å². The van der Waals surface area contributed by atoms with Gasteiger partial charge in [-0.2, -0.15) is 0 Å². The minimum atomic E-state index is -0.471. The first-order valence-corrected chi connectivity index (χ1v) is 8.08. The summed E-state index contributed by atoms with van der Waals surface area (Å²) in [5.74, 6) is 0.742. The summed E-state index contributed by atoms with van der Waals surface area (Å²) in [6.07, 6.45) is 1.08. The molecule has 0 spiro atoms. The minimum Gasteiger partial charge on any atom is -0.391 e. The fraction of sp³-hybridized carbons (Fsp3) is 0.588. The van der Waals surface area contributed by atoms with Crippen molar-refractivity contribution in [2.24, 2.45) is 4.99 Å². The molecule has 1 atom stereocenters. The summed E-state index contributed by atoms with van der Waals surface area (Å²) >= 11 is 0. The third-order valence-corrected chi connectivity index (χ3v) is 3.08. The molecule has 0 aliphatic carbocycles. The maximum atomic E-state index is 10.1. The maximum absolute atomic E-state index is 10.1. The van der Waals surface area contributed by atoms with Crippen molar-refractivity contribution in [1.29, 1.82) is 0 Å². The van der Waals surface area contributed by atoms with E-state index in [-0.39, 0.29) is 0 Å². The van der Waals surface area contributed by atoms with Gasteiger partial charge < -0.3 is 20.5 Å². The number of nitrogens with one attached hydrogen (secondary N) is 2. The van der Waals surface area contributed by atoms with Crippen molar-refractivity contribution in [3.63, 3.8) is 0 Å². The van der Waals surface area contributed by atoms with Crippen LogP contribution in [0.2, 0.25) is 0 Å². The van der Waals surface area contributed by atoms with E-state index in [1.165, 1.54) is 0 Å². The van der Waals surface area contributed by atoms with Gasteiger partial charge in [0.25, 0.3) is 0 Å². The molecule has 0 aliphatic rings. The van der Waals surface area contributed by atoms with Crippen LogP contribution in [0.5, 0.6) is 0 Å². The van der Waals surface area contributed by atoms with Gasteiger partial charge in [-0.15, -0.1) is 0 Å². The average molecular weight is 307 g/mol. The number of aliphatic imine (C=N–C) groups is 1. The number of rotatable bonds is 10. The van der Waals surface area contributed by atoms with E-state index in [0.29, 0.717) is 13.0 Å². The number of ether oxygens (including phenoxy) is 1. The normalized spacial score (nSPS) is 13.0. The third kappa shape index (κ3) is 8.64. The van der Waals surface area contributed by atoms with Crippen LogP contribution in [-0.2, 0) is 11.2 Å². The molecule has 0 bridgehead atoms. The Labute approximate surface area is 133 Å². The Balaban J connectivity index is 2.33. The molecule has 3 N–H and O–H groups in total. The maximum Gasteiger partial charge on any atom is 0.191 e. The van der Waals surface area contributed by atoms with Crippen LogP contribution >= 0.6 is 0 Å². The lowest BCUT2D eigenvalue weighted by Crippen LogP contribution is -2.38. The van der Waals surface area contributed by atoms with Crippen molar-refractivity contribution < 1.29 is 9.84 Å². The van der Waals surface area contributed by atoms with Crippen LogP contribution in [-0.4, -0.2) is 50.0 Å². The highest BCUT2D eigenvalue weighted by molar-refractivity contribution is 5.79. The van der Waals surface area contributed by atoms with E-state index in [0.717, 1.165) is 44.2 Å². The molecule has 1 rings (SSSR count). The predicted octanol–water partition coefficient (Wildman–Crippen LogP) is 1.57. The Bertz CT molecular complexity index is 410. The summed E-state index contributed by atoms with van der Waals surface area (Å²) in [7, 11) is 0. The van der Waals surface area contributed by atoms with Crippen molar-refractivity contribution in [2.45, 2.75) is 32.8 Å². The molecular weight excluding hydrogens is 278 g/mol. The fourth-order valence-corrected chi connectivity index (χ4v) is 2.01. The highest BCUT2D eigenvalue weighted by Crippen LogP contribution is 2.03. The van der Waals surface area contributed by atoms with Crippen molar-refractivity contribution >= 4 is 5.96 Å². The molecule has 22 heavy (non-hydrogen) atoms. The van der Waals surface area contributed by atoms with E-state index in [4.69, 9.17) is 4.74 Å². The molecule has 0 saturated heterocycles. The molecular formula is C17H29N3O2. The SMILES string of the molecule is CCNC(=NCC(O)Cc1ccccc1)NCCCOCC. The average Bonchev–Trinajstić information content (AvgIpc) is 2.53. The molecule has 0 amide bonds. The molecule has 0 fully saturated rings. The second kappa shape index (κ2) is 12.0. The van der Waals surface area contributed by atoms with E-state index >= 15 is 0 Å². The lowest BCUT2D eigenvalue weighted by molar-refractivity contribution is 0.145. The number of aliphatic hydroxyl groups is 1. The van der Waals surface area contributed by atoms with Crippen molar-refractivity contribution in [1.82, 2.24) is 10.6 Å². The zero-order valence-corrected chi connectivity index (χ0v) is 13.7. The highest BCUT2D eigenvalue weighted by atomic mass is 16.5. The first-order chi connectivity index (χ1) is 10.8. The molecule has 0 heterocycles. The van der Waals surface area contributed by atoms with Crippen LogP contribution in [0.15, 0.2) is 35.3 Å². The van der Waals surface area contributed by atoms with Crippen LogP contribution < -0.4 is 10.6 Å². The topological polar surface area (TPSA) is 65.9 Å². The van der Waals surface area contributed by atoms with E-state index in [1.54, 1.807) is 0 Å². The van der Waals surface area contributed by atoms with Crippen LogP contribution in [0, 0.1) is 0 Å². The Hall–Kier alpha value is -1.59. The second-order valence-electron chi connectivity index (χ2n) is 5.04. The lowest BCUT2D eigenvalue weighted by atomic mass is 10.1. The van der Waals surface area contributed by atoms with E-state index in [9.17, 15) is 5.11 Å². The minimum absolute atomic E-state index is 0.385. The molecule has 1 aromatic rings. The van der Waals surface area contributed by atoms with Crippen LogP contribution in [0.4, 0.5) is 0 Å². The quantitative estimate of drug-likeness (QED) is 0.349. The number of guanidine groups is 1. The Kier molecular flexibility index (Phi) is 10.1. The molecule has 0 aliphatic heterocycles. The van der Waals surface area contributed by atoms with E-state index < -0.39 is 6.10 Å². The van der Waals surface area contributed by atoms with Crippen molar-refractivity contribution in [2.75, 3.05) is 32.8 Å². The van der Waals surface area contributed by atoms with Gasteiger partial charge in [-0.1, -0.05) is 30.3 Å². The summed E-state index contributed by atoms with van der Waals surface area (Å²) in [6, 6.07) is 9.97. The Morgan fingerprint density at radius 3 is 2.68 bits per heavy atom. The third-order valence-electron chi connectivity index (χ3n) is 3.08. The van der Waals surface area contributed by atoms with Gasteiger partial charge in [-0.05, 0) is 25.8 Å². The predicted molar refractivity (Wildman–Crippen MR) is 91.2 cm³/mol. The first-order valence-electron chi connectivity index (χ1n) is 8.08. The molecule has 0 aromatic heterocycles. The number of hydrogen-bond acceptors (Lipinski definition) is 3. The summed E-state index contributed by atoms with van der Waals surface area (Å²) in [5, 5.41) is 16.5. The van der Waals surface area contributed by atoms with Gasteiger partial charge in [0.2, 0.25) is 0 Å². The van der Waals surface area contributed by atoms with Gasteiger partial charge >= 0.3 is 0 Å². The van der Waals surface area contributed by atoms with E-state index in [1.807, 2.05) is 44.2 Å². The lowest BCUT2D eigenvalue weighted by Gasteiger charge is -2.13. The zero-order valence-electron chi connectivity index (χ0n) is 13.7. The number of aliphatic hydroxyl groups excluding tert-OH is 1. The Morgan fingerprint density at radius 1 is 1.23 bits per heavy atom. The molecule has 124 valence electrons. The molecule has 5 heteroatoms. The standard InChI is InChI=1S/C17H29N3O2/c1-3-18-17(19-11-8-12-22-4-2)20-14-16(21)13-15-9-6-5-7-10-15/h5-7,9-10,16,21H,3-4,8,11-14H2,1-2H3,(H2,18,19,20). The second-order valence-corrected chi connectivity index (χ2v) is 5.04. The first kappa shape index (κ1) is 18.5. The van der Waals surface area contributed by atoms with Crippen LogP contribution in [0.25, 0.3) is 0 Å². The summed E-state index contributed by atoms with van der Waals surface area (Å²) in [4.78, 5) is 4.43. The van der Waals surface area contributed by atoms with Gasteiger partial charge in [0, 0.05) is 32.7 Å². The monoisotopic (exact) mass is 307 g/mol. The number of benzene rings is 1. The van der Waals surface area contributed by atoms with E-state index in [2.05, 4.69) is 15.6 Å². The zero-order chi connectivity index (χ0) is 16.0. The van der Waals surface area contributed by atoms with Gasteiger partial charge in [-0.25, -0.2) is 0 Å². The van der Waals surface area contributed by atoms with Crippen molar-refractivity contribution in [3.05, 3.63) is 35.9 Å². The van der Waals surface area contributed by atoms with Gasteiger partial charge in [-0.3, -0.25) is 4.99 Å².